The predicted molar refractivity (Wildman–Crippen MR) is 97.2 cm³/mol. The van der Waals surface area contributed by atoms with Crippen LogP contribution in [0.5, 0.6) is 11.5 Å². The van der Waals surface area contributed by atoms with Crippen LogP contribution in [0.4, 0.5) is 0 Å². The number of carbonyl (C=O) groups is 1. The van der Waals surface area contributed by atoms with Crippen molar-refractivity contribution in [3.63, 3.8) is 0 Å². The van der Waals surface area contributed by atoms with E-state index in [4.69, 9.17) is 14.9 Å². The molecule has 0 aliphatic rings. The molecule has 0 bridgehead atoms. The van der Waals surface area contributed by atoms with Crippen LogP contribution in [0.1, 0.15) is 11.1 Å². The normalized spacial score (nSPS) is 10.1. The van der Waals surface area contributed by atoms with Crippen molar-refractivity contribution < 1.29 is 14.3 Å². The second-order valence-corrected chi connectivity index (χ2v) is 5.99. The van der Waals surface area contributed by atoms with E-state index in [1.54, 1.807) is 38.5 Å². The highest BCUT2D eigenvalue weighted by Gasteiger charge is 2.11. The van der Waals surface area contributed by atoms with Gasteiger partial charge in [0.15, 0.2) is 11.5 Å². The van der Waals surface area contributed by atoms with E-state index in [1.807, 2.05) is 18.2 Å². The number of benzene rings is 2. The predicted octanol–water partition coefficient (Wildman–Crippen LogP) is 3.19. The van der Waals surface area contributed by atoms with E-state index >= 15 is 0 Å². The van der Waals surface area contributed by atoms with Gasteiger partial charge in [-0.05, 0) is 36.2 Å². The quantitative estimate of drug-likeness (QED) is 0.713. The van der Waals surface area contributed by atoms with Crippen LogP contribution in [0.15, 0.2) is 46.9 Å². The zero-order valence-electron chi connectivity index (χ0n) is 13.6. The van der Waals surface area contributed by atoms with Gasteiger partial charge in [-0.2, -0.15) is 0 Å². The highest BCUT2D eigenvalue weighted by atomic mass is 79.9. The van der Waals surface area contributed by atoms with Crippen molar-refractivity contribution in [1.82, 2.24) is 5.32 Å². The molecule has 0 aliphatic carbocycles. The van der Waals surface area contributed by atoms with Crippen LogP contribution >= 0.6 is 15.9 Å². The Morgan fingerprint density at radius 3 is 2.38 bits per heavy atom. The first-order chi connectivity index (χ1) is 11.5. The molecule has 5 nitrogen and oxygen atoms in total. The van der Waals surface area contributed by atoms with Gasteiger partial charge >= 0.3 is 0 Å². The third-order valence-electron chi connectivity index (χ3n) is 3.51. The highest BCUT2D eigenvalue weighted by molar-refractivity contribution is 9.10. The average molecular weight is 391 g/mol. The number of rotatable bonds is 7. The molecule has 0 radical (unpaired) electrons. The Hall–Kier alpha value is -2.34. The molecular weight excluding hydrogens is 372 g/mol. The third-order valence-corrected chi connectivity index (χ3v) is 4.04. The molecule has 2 aromatic carbocycles. The van der Waals surface area contributed by atoms with Gasteiger partial charge in [-0.15, -0.1) is 0 Å². The SMILES string of the molecule is COc1ccc(CCNC(=O)C(=N)c2ccc(Br)cc2)cc1OC. The second-order valence-electron chi connectivity index (χ2n) is 5.08. The number of carbonyl (C=O) groups excluding carboxylic acids is 1. The van der Waals surface area contributed by atoms with Gasteiger partial charge in [0.2, 0.25) is 0 Å². The molecule has 0 saturated carbocycles. The molecule has 0 aliphatic heterocycles. The fourth-order valence-corrected chi connectivity index (χ4v) is 2.46. The first-order valence-electron chi connectivity index (χ1n) is 7.38. The lowest BCUT2D eigenvalue weighted by atomic mass is 10.1. The minimum absolute atomic E-state index is 0.0465. The van der Waals surface area contributed by atoms with Gasteiger partial charge in [-0.1, -0.05) is 34.1 Å². The van der Waals surface area contributed by atoms with Crippen LogP contribution < -0.4 is 14.8 Å². The fraction of sp³-hybridized carbons (Fsp3) is 0.222. The maximum absolute atomic E-state index is 12.1. The Morgan fingerprint density at radius 2 is 1.75 bits per heavy atom. The van der Waals surface area contributed by atoms with Crippen LogP contribution in [-0.2, 0) is 11.2 Å². The van der Waals surface area contributed by atoms with Gasteiger partial charge < -0.3 is 14.8 Å². The summed E-state index contributed by atoms with van der Waals surface area (Å²) in [4.78, 5) is 12.1. The summed E-state index contributed by atoms with van der Waals surface area (Å²) in [6.07, 6.45) is 0.639. The number of hydrogen-bond acceptors (Lipinski definition) is 4. The molecule has 0 aromatic heterocycles. The summed E-state index contributed by atoms with van der Waals surface area (Å²) in [6, 6.07) is 12.7. The van der Waals surface area contributed by atoms with E-state index in [0.717, 1.165) is 10.0 Å². The molecule has 0 saturated heterocycles. The average Bonchev–Trinajstić information content (AvgIpc) is 2.61. The molecule has 0 atom stereocenters. The van der Waals surface area contributed by atoms with Crippen molar-refractivity contribution in [3.8, 4) is 11.5 Å². The molecule has 2 aromatic rings. The van der Waals surface area contributed by atoms with E-state index in [2.05, 4.69) is 21.2 Å². The summed E-state index contributed by atoms with van der Waals surface area (Å²) in [5.74, 6) is 0.934. The van der Waals surface area contributed by atoms with Crippen LogP contribution in [0.2, 0.25) is 0 Å². The molecule has 1 amide bonds. The van der Waals surface area contributed by atoms with Gasteiger partial charge in [-0.25, -0.2) is 0 Å². The van der Waals surface area contributed by atoms with E-state index in [1.165, 1.54) is 0 Å². The van der Waals surface area contributed by atoms with E-state index in [9.17, 15) is 4.79 Å². The maximum atomic E-state index is 12.1. The Kier molecular flexibility index (Phi) is 6.37. The smallest absolute Gasteiger partial charge is 0.269 e. The molecule has 0 fully saturated rings. The van der Waals surface area contributed by atoms with Crippen molar-refractivity contribution in [3.05, 3.63) is 58.1 Å². The Labute approximate surface area is 149 Å². The van der Waals surface area contributed by atoms with Crippen LogP contribution in [0.25, 0.3) is 0 Å². The van der Waals surface area contributed by atoms with E-state index in [-0.39, 0.29) is 5.71 Å². The number of methoxy groups -OCH3 is 2. The molecule has 0 heterocycles. The van der Waals surface area contributed by atoms with Gasteiger partial charge in [0, 0.05) is 16.6 Å². The van der Waals surface area contributed by atoms with Crippen molar-refractivity contribution in [1.29, 1.82) is 5.41 Å². The Bertz CT molecular complexity index is 730. The second kappa shape index (κ2) is 8.49. The third kappa shape index (κ3) is 4.58. The van der Waals surface area contributed by atoms with Crippen molar-refractivity contribution >= 4 is 27.5 Å². The van der Waals surface area contributed by atoms with Crippen LogP contribution in [0, 0.1) is 5.41 Å². The van der Waals surface area contributed by atoms with E-state index in [0.29, 0.717) is 30.0 Å². The molecule has 24 heavy (non-hydrogen) atoms. The van der Waals surface area contributed by atoms with Crippen molar-refractivity contribution in [2.45, 2.75) is 6.42 Å². The lowest BCUT2D eigenvalue weighted by Gasteiger charge is -2.10. The molecule has 0 unspecified atom stereocenters. The van der Waals surface area contributed by atoms with Crippen LogP contribution in [0.3, 0.4) is 0 Å². The number of hydrogen-bond donors (Lipinski definition) is 2. The minimum atomic E-state index is -0.391. The molecule has 2 N–H and O–H groups in total. The number of nitrogens with one attached hydrogen (secondary N) is 2. The zero-order valence-corrected chi connectivity index (χ0v) is 15.1. The van der Waals surface area contributed by atoms with Gasteiger partial charge in [-0.3, -0.25) is 10.2 Å². The lowest BCUT2D eigenvalue weighted by molar-refractivity contribution is -0.114. The molecule has 2 rings (SSSR count). The van der Waals surface area contributed by atoms with E-state index < -0.39 is 5.91 Å². The van der Waals surface area contributed by atoms with Gasteiger partial charge in [0.05, 0.1) is 14.2 Å². The summed E-state index contributed by atoms with van der Waals surface area (Å²) in [6.45, 7) is 0.438. The van der Waals surface area contributed by atoms with Crippen molar-refractivity contribution in [2.24, 2.45) is 0 Å². The number of amides is 1. The monoisotopic (exact) mass is 390 g/mol. The standard InChI is InChI=1S/C18H19BrN2O3/c1-23-15-8-3-12(11-16(15)24-2)9-10-21-18(22)17(20)13-4-6-14(19)7-5-13/h3-8,11,20H,9-10H2,1-2H3,(H,21,22). The summed E-state index contributed by atoms with van der Waals surface area (Å²) in [5.41, 5.74) is 1.56. The highest BCUT2D eigenvalue weighted by Crippen LogP contribution is 2.27. The molecular formula is C18H19BrN2O3. The van der Waals surface area contributed by atoms with Gasteiger partial charge in [0.25, 0.3) is 5.91 Å². The minimum Gasteiger partial charge on any atom is -0.493 e. The summed E-state index contributed by atoms with van der Waals surface area (Å²) < 4.78 is 11.4. The first-order valence-corrected chi connectivity index (χ1v) is 8.18. The van der Waals surface area contributed by atoms with Gasteiger partial charge in [0.1, 0.15) is 5.71 Å². The number of ether oxygens (including phenoxy) is 2. The first kappa shape index (κ1) is 18.0. The summed E-state index contributed by atoms with van der Waals surface area (Å²) in [7, 11) is 3.18. The largest absolute Gasteiger partial charge is 0.493 e. The fourth-order valence-electron chi connectivity index (χ4n) is 2.19. The van der Waals surface area contributed by atoms with Crippen molar-refractivity contribution in [2.75, 3.05) is 20.8 Å². The Balaban J connectivity index is 1.90. The number of halogens is 1. The Morgan fingerprint density at radius 1 is 1.08 bits per heavy atom. The molecule has 6 heteroatoms. The lowest BCUT2D eigenvalue weighted by Crippen LogP contribution is -2.32. The summed E-state index contributed by atoms with van der Waals surface area (Å²) >= 11 is 3.33. The molecule has 126 valence electrons. The van der Waals surface area contributed by atoms with Crippen LogP contribution in [-0.4, -0.2) is 32.4 Å². The zero-order chi connectivity index (χ0) is 17.5. The topological polar surface area (TPSA) is 71.4 Å². The summed E-state index contributed by atoms with van der Waals surface area (Å²) in [5, 5.41) is 10.7. The maximum Gasteiger partial charge on any atom is 0.269 e. The molecule has 0 spiro atoms.